The zero-order valence-corrected chi connectivity index (χ0v) is 19.7. The smallest absolute Gasteiger partial charge is 0.407 e. The number of rotatable bonds is 11. The van der Waals surface area contributed by atoms with Crippen molar-refractivity contribution in [1.82, 2.24) is 10.6 Å². The third kappa shape index (κ3) is 11.7. The number of alkyl carbamates (subject to hydrolysis) is 1. The van der Waals surface area contributed by atoms with E-state index in [9.17, 15) is 23.1 Å². The molecule has 0 bridgehead atoms. The van der Waals surface area contributed by atoms with Crippen molar-refractivity contribution in [3.8, 4) is 0 Å². The summed E-state index contributed by atoms with van der Waals surface area (Å²) in [5.41, 5.74) is -0.637. The van der Waals surface area contributed by atoms with Gasteiger partial charge in [0, 0.05) is 6.54 Å². The maximum Gasteiger partial charge on any atom is 0.407 e. The maximum atomic E-state index is 12.2. The number of nitrogens with one attached hydrogen (secondary N) is 2. The average molecular weight is 449 g/mol. The number of ether oxygens (including phenoxy) is 1. The summed E-state index contributed by atoms with van der Waals surface area (Å²) in [7, 11) is -3.40. The molecule has 0 spiro atoms. The molecule has 9 heteroatoms. The molecule has 0 aromatic carbocycles. The highest BCUT2D eigenvalue weighted by molar-refractivity contribution is 7.92. The van der Waals surface area contributed by atoms with Crippen LogP contribution in [0.2, 0.25) is 0 Å². The number of carbonyl (C=O) groups excluding carboxylic acids is 2. The van der Waals surface area contributed by atoms with Gasteiger partial charge in [0.15, 0.2) is 9.84 Å². The summed E-state index contributed by atoms with van der Waals surface area (Å²) in [6.45, 7) is 7.22. The molecule has 176 valence electrons. The first-order chi connectivity index (χ1) is 13.9. The Labute approximate surface area is 181 Å². The Balaban J connectivity index is 2.59. The molecule has 0 unspecified atom stereocenters. The van der Waals surface area contributed by atoms with Crippen LogP contribution in [-0.2, 0) is 19.4 Å². The van der Waals surface area contributed by atoms with Crippen molar-refractivity contribution in [1.29, 1.82) is 0 Å². The molecule has 0 aromatic rings. The van der Waals surface area contributed by atoms with Gasteiger partial charge < -0.3 is 20.5 Å². The average Bonchev–Trinajstić information content (AvgIpc) is 2.59. The molecule has 1 fully saturated rings. The van der Waals surface area contributed by atoms with E-state index in [1.54, 1.807) is 27.7 Å². The largest absolute Gasteiger partial charge is 0.444 e. The second kappa shape index (κ2) is 12.5. The molecule has 0 saturated heterocycles. The van der Waals surface area contributed by atoms with Gasteiger partial charge >= 0.3 is 6.09 Å². The summed E-state index contributed by atoms with van der Waals surface area (Å²) in [6.07, 6.45) is 5.57. The molecule has 1 saturated carbocycles. The molecule has 8 nitrogen and oxygen atoms in total. The Kier molecular flexibility index (Phi) is 11.1. The molecule has 0 aliphatic heterocycles. The van der Waals surface area contributed by atoms with Crippen molar-refractivity contribution in [2.75, 3.05) is 18.1 Å². The van der Waals surface area contributed by atoms with Gasteiger partial charge in [0.1, 0.15) is 11.4 Å². The van der Waals surface area contributed by atoms with Gasteiger partial charge in [-0.3, -0.25) is 4.79 Å². The molecule has 1 aliphatic rings. The van der Waals surface area contributed by atoms with E-state index in [1.807, 2.05) is 0 Å². The van der Waals surface area contributed by atoms with Gasteiger partial charge in [-0.05, 0) is 46.0 Å². The first kappa shape index (κ1) is 26.7. The number of carbonyl (C=O) groups is 2. The van der Waals surface area contributed by atoms with Crippen molar-refractivity contribution in [2.24, 2.45) is 5.92 Å². The Hall–Kier alpha value is -1.35. The number of amides is 2. The summed E-state index contributed by atoms with van der Waals surface area (Å²) in [4.78, 5) is 24.1. The van der Waals surface area contributed by atoms with Crippen molar-refractivity contribution >= 4 is 21.8 Å². The van der Waals surface area contributed by atoms with E-state index in [4.69, 9.17) is 4.74 Å². The van der Waals surface area contributed by atoms with E-state index in [0.717, 1.165) is 25.7 Å². The van der Waals surface area contributed by atoms with Crippen LogP contribution in [0.25, 0.3) is 0 Å². The molecule has 2 amide bonds. The highest BCUT2D eigenvalue weighted by Gasteiger charge is 2.28. The topological polar surface area (TPSA) is 122 Å². The predicted molar refractivity (Wildman–Crippen MR) is 117 cm³/mol. The van der Waals surface area contributed by atoms with E-state index in [1.165, 1.54) is 6.42 Å². The van der Waals surface area contributed by atoms with Gasteiger partial charge in [0.2, 0.25) is 5.91 Å². The normalized spacial score (nSPS) is 17.8. The van der Waals surface area contributed by atoms with E-state index < -0.39 is 45.3 Å². The lowest BCUT2D eigenvalue weighted by Crippen LogP contribution is -2.47. The second-order valence-electron chi connectivity index (χ2n) is 9.29. The van der Waals surface area contributed by atoms with Crippen molar-refractivity contribution in [3.63, 3.8) is 0 Å². The molecule has 0 aromatic heterocycles. The molecule has 3 N–H and O–H groups in total. The lowest BCUT2D eigenvalue weighted by Gasteiger charge is -2.31. The fourth-order valence-electron chi connectivity index (χ4n) is 3.75. The first-order valence-corrected chi connectivity index (χ1v) is 12.9. The molecule has 0 heterocycles. The summed E-state index contributed by atoms with van der Waals surface area (Å²) in [6, 6.07) is -0.483. The van der Waals surface area contributed by atoms with Gasteiger partial charge in [-0.25, -0.2) is 13.2 Å². The van der Waals surface area contributed by atoms with Crippen molar-refractivity contribution < 1.29 is 27.9 Å². The Morgan fingerprint density at radius 2 is 1.80 bits per heavy atom. The maximum absolute atomic E-state index is 12.2. The molecular formula is C21H40N2O6S. The second-order valence-corrected chi connectivity index (χ2v) is 11.5. The van der Waals surface area contributed by atoms with Gasteiger partial charge in [-0.15, -0.1) is 0 Å². The highest BCUT2D eigenvalue weighted by Crippen LogP contribution is 2.28. The molecule has 30 heavy (non-hydrogen) atoms. The van der Waals surface area contributed by atoms with Crippen LogP contribution in [-0.4, -0.2) is 61.3 Å². The van der Waals surface area contributed by atoms with Crippen molar-refractivity contribution in [2.45, 2.75) is 96.8 Å². The summed E-state index contributed by atoms with van der Waals surface area (Å²) in [5.74, 6) is -0.702. The number of sulfone groups is 1. The number of aliphatic hydroxyl groups is 1. The van der Waals surface area contributed by atoms with Gasteiger partial charge in [-0.1, -0.05) is 39.0 Å². The third-order valence-electron chi connectivity index (χ3n) is 5.11. The monoisotopic (exact) mass is 448 g/mol. The van der Waals surface area contributed by atoms with Gasteiger partial charge in [0.05, 0.1) is 17.9 Å². The zero-order chi connectivity index (χ0) is 22.8. The molecular weight excluding hydrogens is 408 g/mol. The van der Waals surface area contributed by atoms with Crippen LogP contribution in [0.4, 0.5) is 4.79 Å². The lowest BCUT2D eigenvalue weighted by atomic mass is 9.83. The fourth-order valence-corrected chi connectivity index (χ4v) is 5.02. The standard InChI is InChI=1S/C21H40N2O6S/c1-5-13-30(27,28)15-19(25)22-12-11-18(24)17(14-16-9-7-6-8-10-16)23-20(26)29-21(2,3)4/h16-18,24H,5-15H2,1-4H3,(H,22,25)(H,23,26)/t17-,18-/m0/s1. The summed E-state index contributed by atoms with van der Waals surface area (Å²) in [5, 5.41) is 16.0. The SMILES string of the molecule is CCCS(=O)(=O)CC(=O)NCC[C@H](O)[C@H](CC1CCCCC1)NC(=O)OC(C)(C)C. The van der Waals surface area contributed by atoms with Gasteiger partial charge in [0.25, 0.3) is 0 Å². The van der Waals surface area contributed by atoms with Crippen LogP contribution in [0, 0.1) is 5.92 Å². The summed E-state index contributed by atoms with van der Waals surface area (Å²) >= 11 is 0. The zero-order valence-electron chi connectivity index (χ0n) is 18.9. The Morgan fingerprint density at radius 1 is 1.17 bits per heavy atom. The minimum absolute atomic E-state index is 0.0215. The summed E-state index contributed by atoms with van der Waals surface area (Å²) < 4.78 is 28.8. The van der Waals surface area contributed by atoms with Crippen LogP contribution in [0.5, 0.6) is 0 Å². The van der Waals surface area contributed by atoms with Gasteiger partial charge in [-0.2, -0.15) is 0 Å². The quantitative estimate of drug-likeness (QED) is 0.446. The molecule has 2 atom stereocenters. The van der Waals surface area contributed by atoms with E-state index in [0.29, 0.717) is 18.8 Å². The fraction of sp³-hybridized carbons (Fsp3) is 0.905. The first-order valence-electron chi connectivity index (χ1n) is 11.1. The van der Waals surface area contributed by atoms with Crippen LogP contribution in [0.3, 0.4) is 0 Å². The molecule has 1 rings (SSSR count). The van der Waals surface area contributed by atoms with Crippen LogP contribution in [0.15, 0.2) is 0 Å². The number of hydrogen-bond donors (Lipinski definition) is 3. The van der Waals surface area contributed by atoms with Crippen LogP contribution < -0.4 is 10.6 Å². The predicted octanol–water partition coefficient (Wildman–Crippen LogP) is 2.54. The Morgan fingerprint density at radius 3 is 2.37 bits per heavy atom. The van der Waals surface area contributed by atoms with Crippen molar-refractivity contribution in [3.05, 3.63) is 0 Å². The third-order valence-corrected chi connectivity index (χ3v) is 6.84. The van der Waals surface area contributed by atoms with E-state index >= 15 is 0 Å². The highest BCUT2D eigenvalue weighted by atomic mass is 32.2. The molecule has 1 aliphatic carbocycles. The number of hydrogen-bond acceptors (Lipinski definition) is 6. The number of aliphatic hydroxyl groups excluding tert-OH is 1. The van der Waals surface area contributed by atoms with E-state index in [-0.39, 0.29) is 18.7 Å². The lowest BCUT2D eigenvalue weighted by molar-refractivity contribution is -0.118. The van der Waals surface area contributed by atoms with Crippen LogP contribution in [0.1, 0.15) is 79.1 Å². The minimum Gasteiger partial charge on any atom is -0.444 e. The Bertz CT molecular complexity index is 638. The molecule has 0 radical (unpaired) electrons. The van der Waals surface area contributed by atoms with E-state index in [2.05, 4.69) is 10.6 Å². The van der Waals surface area contributed by atoms with Crippen LogP contribution >= 0.6 is 0 Å². The minimum atomic E-state index is -3.40.